The van der Waals surface area contributed by atoms with E-state index in [4.69, 9.17) is 15.2 Å². The molecule has 6 nitrogen and oxygen atoms in total. The summed E-state index contributed by atoms with van der Waals surface area (Å²) >= 11 is 0. The van der Waals surface area contributed by atoms with Crippen LogP contribution in [0.25, 0.3) is 0 Å². The fourth-order valence-electron chi connectivity index (χ4n) is 5.20. The van der Waals surface area contributed by atoms with Gasteiger partial charge in [0.05, 0.1) is 36.6 Å². The predicted molar refractivity (Wildman–Crippen MR) is 126 cm³/mol. The number of nitrogens with two attached hydrogens (primary N) is 1. The molecular formula is C27H32N4O2. The van der Waals surface area contributed by atoms with Crippen LogP contribution in [-0.4, -0.2) is 13.2 Å². The highest BCUT2D eigenvalue weighted by molar-refractivity contribution is 5.60. The summed E-state index contributed by atoms with van der Waals surface area (Å²) in [6.45, 7) is 10.5. The minimum atomic E-state index is -1.65. The zero-order chi connectivity index (χ0) is 24.6. The van der Waals surface area contributed by atoms with Gasteiger partial charge in [-0.15, -0.1) is 0 Å². The first-order chi connectivity index (χ1) is 15.5. The molecule has 0 saturated carbocycles. The number of nitrogens with zero attached hydrogens (tertiary/aromatic N) is 3. The second-order valence-electron chi connectivity index (χ2n) is 10.3. The lowest BCUT2D eigenvalue weighted by molar-refractivity contribution is 0.170. The van der Waals surface area contributed by atoms with Crippen molar-refractivity contribution < 1.29 is 9.47 Å². The average Bonchev–Trinajstić information content (AvgIpc) is 2.77. The molecule has 3 rings (SSSR count). The molecule has 0 bridgehead atoms. The van der Waals surface area contributed by atoms with Crippen LogP contribution in [0.4, 0.5) is 0 Å². The molecule has 3 atom stereocenters. The zero-order valence-electron chi connectivity index (χ0n) is 20.3. The SMILES string of the molecule is COc1cc([C@H]2[C@H]3C[C@H](C(C)(C)C)CC=C3C(C#N)=C(N)C2(C#N)C#N)ccc1OC(C)C. The normalized spacial score (nSPS) is 24.1. The van der Waals surface area contributed by atoms with Crippen LogP contribution >= 0.6 is 0 Å². The molecule has 0 radical (unpaired) electrons. The Bertz CT molecular complexity index is 1100. The highest BCUT2D eigenvalue weighted by Gasteiger charge is 2.55. The predicted octanol–water partition coefficient (Wildman–Crippen LogP) is 5.35. The van der Waals surface area contributed by atoms with Gasteiger partial charge in [-0.25, -0.2) is 0 Å². The van der Waals surface area contributed by atoms with Crippen molar-refractivity contribution in [3.05, 3.63) is 46.7 Å². The summed E-state index contributed by atoms with van der Waals surface area (Å²) in [6, 6.07) is 12.2. The van der Waals surface area contributed by atoms with Crippen LogP contribution in [0.15, 0.2) is 41.1 Å². The number of rotatable bonds is 4. The first-order valence-electron chi connectivity index (χ1n) is 11.3. The maximum atomic E-state index is 10.3. The van der Waals surface area contributed by atoms with Crippen molar-refractivity contribution in [1.29, 1.82) is 15.8 Å². The first-order valence-corrected chi connectivity index (χ1v) is 11.3. The van der Waals surface area contributed by atoms with E-state index < -0.39 is 11.3 Å². The van der Waals surface area contributed by atoms with Crippen LogP contribution in [0.2, 0.25) is 0 Å². The standard InChI is InChI=1S/C27H32N4O2/c1-16(2)33-22-10-7-17(11-23(22)32-6)24-20-12-18(26(3,4)5)8-9-19(20)21(13-28)25(31)27(24,14-29)15-30/h7,9-11,16,18,20,24H,8,12,31H2,1-6H3/t18-,20+,24+/m1/s1. The summed E-state index contributed by atoms with van der Waals surface area (Å²) < 4.78 is 11.5. The number of benzene rings is 1. The molecule has 1 aromatic rings. The van der Waals surface area contributed by atoms with Crippen molar-refractivity contribution in [1.82, 2.24) is 0 Å². The van der Waals surface area contributed by atoms with E-state index in [1.165, 1.54) is 0 Å². The van der Waals surface area contributed by atoms with Gasteiger partial charge in [0.15, 0.2) is 16.9 Å². The number of methoxy groups -OCH3 is 1. The summed E-state index contributed by atoms with van der Waals surface area (Å²) in [5.74, 6) is 0.746. The molecule has 0 spiro atoms. The molecule has 6 heteroatoms. The second kappa shape index (κ2) is 8.84. The molecule has 0 unspecified atom stereocenters. The Morgan fingerprint density at radius 3 is 2.30 bits per heavy atom. The van der Waals surface area contributed by atoms with Crippen molar-refractivity contribution in [2.24, 2.45) is 28.4 Å². The summed E-state index contributed by atoms with van der Waals surface area (Å²) in [5.41, 5.74) is 6.76. The molecule has 2 aliphatic rings. The first kappa shape index (κ1) is 24.2. The Kier molecular flexibility index (Phi) is 6.49. The summed E-state index contributed by atoms with van der Waals surface area (Å²) in [5, 5.41) is 30.5. The highest BCUT2D eigenvalue weighted by Crippen LogP contribution is 2.58. The number of hydrogen-bond acceptors (Lipinski definition) is 6. The van der Waals surface area contributed by atoms with E-state index in [9.17, 15) is 15.8 Å². The smallest absolute Gasteiger partial charge is 0.191 e. The van der Waals surface area contributed by atoms with E-state index in [0.29, 0.717) is 17.4 Å². The molecule has 0 fully saturated rings. The lowest BCUT2D eigenvalue weighted by Crippen LogP contribution is -2.44. The third-order valence-electron chi connectivity index (χ3n) is 7.01. The van der Waals surface area contributed by atoms with Gasteiger partial charge >= 0.3 is 0 Å². The topological polar surface area (TPSA) is 116 Å². The van der Waals surface area contributed by atoms with Crippen LogP contribution in [-0.2, 0) is 0 Å². The van der Waals surface area contributed by atoms with Gasteiger partial charge in [-0.1, -0.05) is 32.9 Å². The van der Waals surface area contributed by atoms with Crippen molar-refractivity contribution in [3.63, 3.8) is 0 Å². The van der Waals surface area contributed by atoms with Gasteiger partial charge < -0.3 is 15.2 Å². The van der Waals surface area contributed by atoms with Crippen molar-refractivity contribution in [2.45, 2.75) is 59.5 Å². The molecule has 2 aliphatic carbocycles. The summed E-state index contributed by atoms with van der Waals surface area (Å²) in [6.07, 6.45) is 3.65. The van der Waals surface area contributed by atoms with Crippen LogP contribution < -0.4 is 15.2 Å². The lowest BCUT2D eigenvalue weighted by Gasteiger charge is -2.47. The van der Waals surface area contributed by atoms with E-state index in [-0.39, 0.29) is 28.7 Å². The Hall–Kier alpha value is -3.43. The van der Waals surface area contributed by atoms with Crippen LogP contribution in [0.3, 0.4) is 0 Å². The van der Waals surface area contributed by atoms with E-state index in [1.807, 2.05) is 32.0 Å². The molecule has 0 aromatic heterocycles. The monoisotopic (exact) mass is 444 g/mol. The van der Waals surface area contributed by atoms with Crippen LogP contribution in [0, 0.1) is 56.7 Å². The molecular weight excluding hydrogens is 412 g/mol. The van der Waals surface area contributed by atoms with Crippen molar-refractivity contribution in [3.8, 4) is 29.7 Å². The molecule has 2 N–H and O–H groups in total. The van der Waals surface area contributed by atoms with E-state index in [1.54, 1.807) is 7.11 Å². The maximum absolute atomic E-state index is 10.3. The summed E-state index contributed by atoms with van der Waals surface area (Å²) in [4.78, 5) is 0. The zero-order valence-corrected chi connectivity index (χ0v) is 20.3. The summed E-state index contributed by atoms with van der Waals surface area (Å²) in [7, 11) is 1.57. The molecule has 172 valence electrons. The Morgan fingerprint density at radius 2 is 1.79 bits per heavy atom. The number of fused-ring (bicyclic) bond motifs is 1. The average molecular weight is 445 g/mol. The van der Waals surface area contributed by atoms with Crippen LogP contribution in [0.1, 0.15) is 58.9 Å². The number of ether oxygens (including phenoxy) is 2. The van der Waals surface area contributed by atoms with Gasteiger partial charge in [0.2, 0.25) is 0 Å². The fraction of sp³-hybridized carbons (Fsp3) is 0.519. The number of hydrogen-bond donors (Lipinski definition) is 1. The Morgan fingerprint density at radius 1 is 1.12 bits per heavy atom. The Labute approximate surface area is 196 Å². The maximum Gasteiger partial charge on any atom is 0.191 e. The largest absolute Gasteiger partial charge is 0.493 e. The van der Waals surface area contributed by atoms with Gasteiger partial charge in [0.25, 0.3) is 0 Å². The van der Waals surface area contributed by atoms with Crippen molar-refractivity contribution >= 4 is 0 Å². The molecule has 33 heavy (non-hydrogen) atoms. The molecule has 0 heterocycles. The number of nitriles is 3. The Balaban J connectivity index is 2.27. The quantitative estimate of drug-likeness (QED) is 0.669. The van der Waals surface area contributed by atoms with Gasteiger partial charge in [-0.3, -0.25) is 0 Å². The van der Waals surface area contributed by atoms with E-state index in [2.05, 4.69) is 45.1 Å². The van der Waals surface area contributed by atoms with E-state index in [0.717, 1.165) is 24.0 Å². The molecule has 0 saturated heterocycles. The van der Waals surface area contributed by atoms with E-state index >= 15 is 0 Å². The van der Waals surface area contributed by atoms with Crippen LogP contribution in [0.5, 0.6) is 11.5 Å². The third kappa shape index (κ3) is 4.05. The highest BCUT2D eigenvalue weighted by atomic mass is 16.5. The molecule has 0 amide bonds. The second-order valence-corrected chi connectivity index (χ2v) is 10.3. The molecule has 1 aromatic carbocycles. The minimum Gasteiger partial charge on any atom is -0.493 e. The van der Waals surface area contributed by atoms with Gasteiger partial charge in [-0.2, -0.15) is 15.8 Å². The molecule has 0 aliphatic heterocycles. The van der Waals surface area contributed by atoms with Gasteiger partial charge in [-0.05, 0) is 67.2 Å². The fourth-order valence-corrected chi connectivity index (χ4v) is 5.20. The third-order valence-corrected chi connectivity index (χ3v) is 7.01. The lowest BCUT2D eigenvalue weighted by atomic mass is 9.54. The van der Waals surface area contributed by atoms with Gasteiger partial charge in [0, 0.05) is 5.92 Å². The van der Waals surface area contributed by atoms with Crippen molar-refractivity contribution in [2.75, 3.05) is 7.11 Å². The number of allylic oxidation sites excluding steroid dienone is 4. The van der Waals surface area contributed by atoms with Gasteiger partial charge in [0.1, 0.15) is 6.07 Å². The minimum absolute atomic E-state index is 0.0334.